The average Bonchev–Trinajstić information content (AvgIpc) is 2.50. The lowest BCUT2D eigenvalue weighted by molar-refractivity contribution is 0.475. The van der Waals surface area contributed by atoms with E-state index in [4.69, 9.17) is 0 Å². The molecule has 0 aliphatic carbocycles. The summed E-state index contributed by atoms with van der Waals surface area (Å²) < 4.78 is 0. The largest absolute Gasteiger partial charge is 0.508 e. The highest BCUT2D eigenvalue weighted by molar-refractivity contribution is 5.77. The molecule has 3 aromatic rings. The molecule has 2 heteroatoms. The fourth-order valence-corrected chi connectivity index (χ4v) is 2.58. The van der Waals surface area contributed by atoms with E-state index >= 15 is 0 Å². The Labute approximate surface area is 131 Å². The average molecular weight is 289 g/mol. The Morgan fingerprint density at radius 3 is 1.59 bits per heavy atom. The number of phenols is 1. The van der Waals surface area contributed by atoms with E-state index in [1.807, 2.05) is 12.1 Å². The molecule has 0 heterocycles. The molecule has 0 bridgehead atoms. The van der Waals surface area contributed by atoms with Crippen molar-refractivity contribution < 1.29 is 5.11 Å². The predicted molar refractivity (Wildman–Crippen MR) is 92.3 cm³/mol. The molecule has 1 N–H and O–H groups in total. The molecule has 0 unspecified atom stereocenters. The molecular formula is C20H19NO. The van der Waals surface area contributed by atoms with Crippen LogP contribution < -0.4 is 4.90 Å². The highest BCUT2D eigenvalue weighted by Crippen LogP contribution is 2.35. The molecule has 22 heavy (non-hydrogen) atoms. The summed E-state index contributed by atoms with van der Waals surface area (Å²) in [5.74, 6) is 0.275. The second-order valence-corrected chi connectivity index (χ2v) is 5.53. The van der Waals surface area contributed by atoms with Crippen LogP contribution in [0.4, 0.5) is 17.1 Å². The molecule has 2 nitrogen and oxygen atoms in total. The van der Waals surface area contributed by atoms with Crippen molar-refractivity contribution >= 4 is 17.1 Å². The van der Waals surface area contributed by atoms with Crippen LogP contribution in [0.3, 0.4) is 0 Å². The van der Waals surface area contributed by atoms with Gasteiger partial charge in [0.25, 0.3) is 0 Å². The second-order valence-electron chi connectivity index (χ2n) is 5.53. The number of phenolic OH excluding ortho intramolecular Hbond substituents is 1. The number of hydrogen-bond acceptors (Lipinski definition) is 2. The van der Waals surface area contributed by atoms with Gasteiger partial charge in [0.1, 0.15) is 5.75 Å². The van der Waals surface area contributed by atoms with Crippen LogP contribution in [0.1, 0.15) is 11.1 Å². The fraction of sp³-hybridized carbons (Fsp3) is 0.100. The third kappa shape index (κ3) is 2.96. The Bertz CT molecular complexity index is 732. The lowest BCUT2D eigenvalue weighted by atomic mass is 10.1. The molecule has 0 amide bonds. The Morgan fingerprint density at radius 1 is 0.636 bits per heavy atom. The first-order valence-corrected chi connectivity index (χ1v) is 7.36. The van der Waals surface area contributed by atoms with Crippen LogP contribution in [0.25, 0.3) is 0 Å². The molecule has 3 aromatic carbocycles. The summed E-state index contributed by atoms with van der Waals surface area (Å²) in [6.07, 6.45) is 0. The quantitative estimate of drug-likeness (QED) is 0.690. The standard InChI is InChI=1S/C20H19NO/c1-15-5-3-7-18(13-15)21(17-9-11-20(22)12-10-17)19-8-4-6-16(2)14-19/h3-14,22H,1-2H3. The number of aryl methyl sites for hydroxylation is 2. The minimum Gasteiger partial charge on any atom is -0.508 e. The van der Waals surface area contributed by atoms with Gasteiger partial charge in [0.05, 0.1) is 0 Å². The van der Waals surface area contributed by atoms with Gasteiger partial charge in [0.2, 0.25) is 0 Å². The molecule has 0 spiro atoms. The Morgan fingerprint density at radius 2 is 1.14 bits per heavy atom. The van der Waals surface area contributed by atoms with Crippen LogP contribution >= 0.6 is 0 Å². The zero-order chi connectivity index (χ0) is 15.5. The van der Waals surface area contributed by atoms with Crippen LogP contribution in [-0.2, 0) is 0 Å². The molecule has 0 aromatic heterocycles. The van der Waals surface area contributed by atoms with Crippen molar-refractivity contribution in [2.24, 2.45) is 0 Å². The predicted octanol–water partition coefficient (Wildman–Crippen LogP) is 5.48. The first-order chi connectivity index (χ1) is 10.6. The monoisotopic (exact) mass is 289 g/mol. The van der Waals surface area contributed by atoms with Gasteiger partial charge in [0.15, 0.2) is 0 Å². The number of nitrogens with zero attached hydrogens (tertiary/aromatic N) is 1. The lowest BCUT2D eigenvalue weighted by Gasteiger charge is -2.26. The van der Waals surface area contributed by atoms with Crippen LogP contribution in [0.15, 0.2) is 72.8 Å². The van der Waals surface area contributed by atoms with E-state index in [0.717, 1.165) is 17.1 Å². The van der Waals surface area contributed by atoms with E-state index in [1.165, 1.54) is 11.1 Å². The van der Waals surface area contributed by atoms with Gasteiger partial charge < -0.3 is 10.0 Å². The van der Waals surface area contributed by atoms with Gasteiger partial charge >= 0.3 is 0 Å². The zero-order valence-corrected chi connectivity index (χ0v) is 12.8. The highest BCUT2D eigenvalue weighted by Gasteiger charge is 2.12. The molecule has 0 atom stereocenters. The zero-order valence-electron chi connectivity index (χ0n) is 12.8. The number of rotatable bonds is 3. The molecule has 0 aliphatic rings. The van der Waals surface area contributed by atoms with Crippen molar-refractivity contribution in [2.75, 3.05) is 4.90 Å². The van der Waals surface area contributed by atoms with E-state index in [0.29, 0.717) is 0 Å². The second kappa shape index (κ2) is 5.94. The molecule has 0 saturated carbocycles. The van der Waals surface area contributed by atoms with Gasteiger partial charge in [-0.25, -0.2) is 0 Å². The van der Waals surface area contributed by atoms with Gasteiger partial charge in [0, 0.05) is 17.1 Å². The van der Waals surface area contributed by atoms with Crippen LogP contribution in [0.2, 0.25) is 0 Å². The van der Waals surface area contributed by atoms with E-state index in [-0.39, 0.29) is 5.75 Å². The van der Waals surface area contributed by atoms with E-state index < -0.39 is 0 Å². The van der Waals surface area contributed by atoms with E-state index in [2.05, 4.69) is 67.3 Å². The smallest absolute Gasteiger partial charge is 0.115 e. The molecule has 0 saturated heterocycles. The first-order valence-electron chi connectivity index (χ1n) is 7.36. The third-order valence-corrected chi connectivity index (χ3v) is 3.63. The minimum absolute atomic E-state index is 0.275. The minimum atomic E-state index is 0.275. The first kappa shape index (κ1) is 14.2. The Hall–Kier alpha value is -2.74. The van der Waals surface area contributed by atoms with Crippen molar-refractivity contribution in [3.05, 3.63) is 83.9 Å². The van der Waals surface area contributed by atoms with Crippen LogP contribution in [0.5, 0.6) is 5.75 Å². The van der Waals surface area contributed by atoms with E-state index in [1.54, 1.807) is 12.1 Å². The van der Waals surface area contributed by atoms with Crippen molar-refractivity contribution in [1.29, 1.82) is 0 Å². The summed E-state index contributed by atoms with van der Waals surface area (Å²) in [6.45, 7) is 4.18. The van der Waals surface area contributed by atoms with Gasteiger partial charge in [-0.15, -0.1) is 0 Å². The van der Waals surface area contributed by atoms with Crippen molar-refractivity contribution in [1.82, 2.24) is 0 Å². The van der Waals surface area contributed by atoms with E-state index in [9.17, 15) is 5.11 Å². The molecule has 0 aliphatic heterocycles. The van der Waals surface area contributed by atoms with Gasteiger partial charge in [-0.1, -0.05) is 24.3 Å². The topological polar surface area (TPSA) is 23.5 Å². The highest BCUT2D eigenvalue weighted by atomic mass is 16.3. The molecule has 110 valence electrons. The Kier molecular flexibility index (Phi) is 3.84. The number of hydrogen-bond donors (Lipinski definition) is 1. The number of aromatic hydroxyl groups is 1. The number of anilines is 3. The van der Waals surface area contributed by atoms with Crippen molar-refractivity contribution in [3.8, 4) is 5.75 Å². The molecule has 0 radical (unpaired) electrons. The maximum atomic E-state index is 9.55. The summed E-state index contributed by atoms with van der Waals surface area (Å²) >= 11 is 0. The summed E-state index contributed by atoms with van der Waals surface area (Å²) in [5, 5.41) is 9.55. The molecule has 0 fully saturated rings. The van der Waals surface area contributed by atoms with Crippen molar-refractivity contribution in [3.63, 3.8) is 0 Å². The molecule has 3 rings (SSSR count). The summed E-state index contributed by atoms with van der Waals surface area (Å²) in [4.78, 5) is 2.19. The summed E-state index contributed by atoms with van der Waals surface area (Å²) in [7, 11) is 0. The molecular weight excluding hydrogens is 270 g/mol. The maximum Gasteiger partial charge on any atom is 0.115 e. The normalized spacial score (nSPS) is 10.5. The van der Waals surface area contributed by atoms with Gasteiger partial charge in [-0.2, -0.15) is 0 Å². The summed E-state index contributed by atoms with van der Waals surface area (Å²) in [5.41, 5.74) is 5.67. The summed E-state index contributed by atoms with van der Waals surface area (Å²) in [6, 6.07) is 24.1. The lowest BCUT2D eigenvalue weighted by Crippen LogP contribution is -2.10. The maximum absolute atomic E-state index is 9.55. The van der Waals surface area contributed by atoms with Crippen molar-refractivity contribution in [2.45, 2.75) is 13.8 Å². The fourth-order valence-electron chi connectivity index (χ4n) is 2.58. The SMILES string of the molecule is Cc1cccc(N(c2ccc(O)cc2)c2cccc(C)c2)c1. The van der Waals surface area contributed by atoms with Crippen LogP contribution in [-0.4, -0.2) is 5.11 Å². The van der Waals surface area contributed by atoms with Crippen LogP contribution in [0, 0.1) is 13.8 Å². The number of benzene rings is 3. The van der Waals surface area contributed by atoms with Gasteiger partial charge in [-0.3, -0.25) is 0 Å². The third-order valence-electron chi connectivity index (χ3n) is 3.63. The Balaban J connectivity index is 2.15. The van der Waals surface area contributed by atoms with Gasteiger partial charge in [-0.05, 0) is 73.5 Å².